The lowest BCUT2D eigenvalue weighted by molar-refractivity contribution is -0.114. The lowest BCUT2D eigenvalue weighted by Crippen LogP contribution is -2.31. The molecule has 2 aromatic carbocycles. The van der Waals surface area contributed by atoms with Gasteiger partial charge in [-0.05, 0) is 61.7 Å². The largest absolute Gasteiger partial charge is 0.497 e. The highest BCUT2D eigenvalue weighted by Crippen LogP contribution is 2.32. The van der Waals surface area contributed by atoms with Crippen molar-refractivity contribution in [3.63, 3.8) is 0 Å². The third-order valence-electron chi connectivity index (χ3n) is 4.61. The maximum absolute atomic E-state index is 13.2. The van der Waals surface area contributed by atoms with Gasteiger partial charge in [0.2, 0.25) is 5.91 Å². The molecule has 1 aliphatic rings. The Morgan fingerprint density at radius 2 is 1.64 bits per heavy atom. The van der Waals surface area contributed by atoms with Crippen LogP contribution in [0.4, 0.5) is 17.1 Å². The molecule has 1 heterocycles. The first-order valence-electron chi connectivity index (χ1n) is 9.22. The van der Waals surface area contributed by atoms with Gasteiger partial charge in [0.25, 0.3) is 10.0 Å². The molecule has 1 fully saturated rings. The number of nitrogens with one attached hydrogen (secondary N) is 2. The summed E-state index contributed by atoms with van der Waals surface area (Å²) < 4.78 is 34.1. The van der Waals surface area contributed by atoms with E-state index in [0.717, 1.165) is 32.4 Å². The quantitative estimate of drug-likeness (QED) is 0.771. The number of benzene rings is 2. The molecular formula is C20H25N3O4S. The van der Waals surface area contributed by atoms with Crippen molar-refractivity contribution in [3.05, 3.63) is 42.5 Å². The summed E-state index contributed by atoms with van der Waals surface area (Å²) in [5.41, 5.74) is 1.54. The molecule has 0 aromatic heterocycles. The van der Waals surface area contributed by atoms with Crippen LogP contribution in [0.1, 0.15) is 26.2 Å². The van der Waals surface area contributed by atoms with Gasteiger partial charge in [-0.1, -0.05) is 0 Å². The van der Waals surface area contributed by atoms with E-state index in [1.165, 1.54) is 13.0 Å². The summed E-state index contributed by atoms with van der Waals surface area (Å²) in [6.07, 6.45) is 3.20. The summed E-state index contributed by atoms with van der Waals surface area (Å²) in [6, 6.07) is 11.7. The van der Waals surface area contributed by atoms with Crippen LogP contribution in [0.25, 0.3) is 0 Å². The number of nitrogens with zero attached hydrogens (tertiary/aromatic N) is 1. The molecule has 3 rings (SSSR count). The van der Waals surface area contributed by atoms with E-state index in [2.05, 4.69) is 14.9 Å². The van der Waals surface area contributed by atoms with Crippen molar-refractivity contribution >= 4 is 33.0 Å². The summed E-state index contributed by atoms with van der Waals surface area (Å²) in [4.78, 5) is 13.7. The number of hydrogen-bond donors (Lipinski definition) is 2. The normalized spacial score (nSPS) is 14.4. The molecule has 8 heteroatoms. The number of ether oxygens (including phenoxy) is 1. The molecule has 0 unspecified atom stereocenters. The van der Waals surface area contributed by atoms with Crippen LogP contribution in [0, 0.1) is 0 Å². The number of carbonyl (C=O) groups excluding carboxylic acids is 1. The third kappa shape index (κ3) is 4.75. The minimum absolute atomic E-state index is 0.150. The van der Waals surface area contributed by atoms with E-state index in [-0.39, 0.29) is 10.8 Å². The van der Waals surface area contributed by atoms with Gasteiger partial charge >= 0.3 is 0 Å². The molecule has 2 aromatic rings. The minimum Gasteiger partial charge on any atom is -0.497 e. The van der Waals surface area contributed by atoms with E-state index < -0.39 is 10.0 Å². The zero-order chi connectivity index (χ0) is 20.1. The maximum atomic E-state index is 13.2. The van der Waals surface area contributed by atoms with Gasteiger partial charge in [-0.2, -0.15) is 0 Å². The monoisotopic (exact) mass is 403 g/mol. The fourth-order valence-corrected chi connectivity index (χ4v) is 4.59. The summed E-state index contributed by atoms with van der Waals surface area (Å²) in [5.74, 6) is 0.391. The van der Waals surface area contributed by atoms with Crippen molar-refractivity contribution in [1.29, 1.82) is 0 Å². The second kappa shape index (κ2) is 8.52. The number of anilines is 3. The summed E-state index contributed by atoms with van der Waals surface area (Å²) in [7, 11) is -2.30. The Labute approximate surface area is 165 Å². The predicted octanol–water partition coefficient (Wildman–Crippen LogP) is 3.44. The fraction of sp³-hybridized carbons (Fsp3) is 0.350. The second-order valence-corrected chi connectivity index (χ2v) is 8.40. The number of piperidine rings is 1. The van der Waals surface area contributed by atoms with E-state index >= 15 is 0 Å². The van der Waals surface area contributed by atoms with E-state index in [0.29, 0.717) is 22.8 Å². The van der Waals surface area contributed by atoms with Gasteiger partial charge in [-0.25, -0.2) is 8.42 Å². The molecule has 1 aliphatic heterocycles. The average molecular weight is 404 g/mol. The van der Waals surface area contributed by atoms with Crippen LogP contribution in [-0.4, -0.2) is 34.5 Å². The molecule has 1 saturated heterocycles. The smallest absolute Gasteiger partial charge is 0.264 e. The molecular weight excluding hydrogens is 378 g/mol. The predicted molar refractivity (Wildman–Crippen MR) is 111 cm³/mol. The highest BCUT2D eigenvalue weighted by atomic mass is 32.2. The molecule has 150 valence electrons. The number of sulfonamides is 1. The van der Waals surface area contributed by atoms with E-state index in [1.807, 2.05) is 0 Å². The number of amides is 1. The fourth-order valence-electron chi connectivity index (χ4n) is 3.28. The van der Waals surface area contributed by atoms with Gasteiger partial charge in [0.05, 0.1) is 12.8 Å². The van der Waals surface area contributed by atoms with Crippen molar-refractivity contribution in [1.82, 2.24) is 0 Å². The summed E-state index contributed by atoms with van der Waals surface area (Å²) in [6.45, 7) is 3.01. The highest BCUT2D eigenvalue weighted by molar-refractivity contribution is 7.92. The second-order valence-electron chi connectivity index (χ2n) is 6.75. The SMILES string of the molecule is COc1ccc(NS(=O)(=O)c2cc(NC(C)=O)ccc2N2CCCCC2)cc1. The van der Waals surface area contributed by atoms with Crippen LogP contribution in [0.3, 0.4) is 0 Å². The van der Waals surface area contributed by atoms with E-state index in [9.17, 15) is 13.2 Å². The van der Waals surface area contributed by atoms with Gasteiger partial charge in [0, 0.05) is 31.4 Å². The lowest BCUT2D eigenvalue weighted by atomic mass is 10.1. The standard InChI is InChI=1S/C20H25N3O4S/c1-15(24)21-17-8-11-19(23-12-4-3-5-13-23)20(14-17)28(25,26)22-16-6-9-18(27-2)10-7-16/h6-11,14,22H,3-5,12-13H2,1-2H3,(H,21,24). The van der Waals surface area contributed by atoms with Gasteiger partial charge in [-0.3, -0.25) is 9.52 Å². The van der Waals surface area contributed by atoms with Crippen molar-refractivity contribution in [2.45, 2.75) is 31.1 Å². The molecule has 0 radical (unpaired) electrons. The average Bonchev–Trinajstić information content (AvgIpc) is 2.68. The number of carbonyl (C=O) groups is 1. The Morgan fingerprint density at radius 3 is 2.25 bits per heavy atom. The van der Waals surface area contributed by atoms with Gasteiger partial charge < -0.3 is 15.0 Å². The molecule has 0 atom stereocenters. The first kappa shape index (κ1) is 20.0. The van der Waals surface area contributed by atoms with Crippen LogP contribution >= 0.6 is 0 Å². The Balaban J connectivity index is 1.97. The maximum Gasteiger partial charge on any atom is 0.264 e. The molecule has 0 spiro atoms. The molecule has 1 amide bonds. The van der Waals surface area contributed by atoms with Crippen LogP contribution < -0.4 is 19.7 Å². The molecule has 0 bridgehead atoms. The van der Waals surface area contributed by atoms with E-state index in [1.54, 1.807) is 43.5 Å². The number of rotatable bonds is 6. The minimum atomic E-state index is -3.85. The van der Waals surface area contributed by atoms with Crippen molar-refractivity contribution in [2.75, 3.05) is 35.1 Å². The highest BCUT2D eigenvalue weighted by Gasteiger charge is 2.24. The Morgan fingerprint density at radius 1 is 1.00 bits per heavy atom. The van der Waals surface area contributed by atoms with Crippen molar-refractivity contribution in [2.24, 2.45) is 0 Å². The van der Waals surface area contributed by atoms with Crippen LogP contribution in [0.15, 0.2) is 47.4 Å². The van der Waals surface area contributed by atoms with E-state index in [4.69, 9.17) is 4.74 Å². The Hall–Kier alpha value is -2.74. The van der Waals surface area contributed by atoms with Gasteiger partial charge in [0.15, 0.2) is 0 Å². The van der Waals surface area contributed by atoms with Crippen LogP contribution in [0.5, 0.6) is 5.75 Å². The van der Waals surface area contributed by atoms with Gasteiger partial charge in [0.1, 0.15) is 10.6 Å². The first-order chi connectivity index (χ1) is 13.4. The Kier molecular flexibility index (Phi) is 6.08. The van der Waals surface area contributed by atoms with Gasteiger partial charge in [-0.15, -0.1) is 0 Å². The Bertz CT molecular complexity index is 936. The molecule has 28 heavy (non-hydrogen) atoms. The van der Waals surface area contributed by atoms with Crippen LogP contribution in [-0.2, 0) is 14.8 Å². The van der Waals surface area contributed by atoms with Crippen LogP contribution in [0.2, 0.25) is 0 Å². The number of hydrogen-bond acceptors (Lipinski definition) is 5. The number of methoxy groups -OCH3 is 1. The zero-order valence-electron chi connectivity index (χ0n) is 16.1. The topological polar surface area (TPSA) is 87.7 Å². The summed E-state index contributed by atoms with van der Waals surface area (Å²) >= 11 is 0. The lowest BCUT2D eigenvalue weighted by Gasteiger charge is -2.30. The molecule has 7 nitrogen and oxygen atoms in total. The molecule has 0 aliphatic carbocycles. The third-order valence-corrected chi connectivity index (χ3v) is 6.02. The molecule has 2 N–H and O–H groups in total. The van der Waals surface area contributed by atoms with Crippen molar-refractivity contribution < 1.29 is 17.9 Å². The van der Waals surface area contributed by atoms with Crippen molar-refractivity contribution in [3.8, 4) is 5.75 Å². The zero-order valence-corrected chi connectivity index (χ0v) is 16.9. The first-order valence-corrected chi connectivity index (χ1v) is 10.7. The summed E-state index contributed by atoms with van der Waals surface area (Å²) in [5, 5.41) is 2.66. The molecule has 0 saturated carbocycles.